The molecular formula is C13H22N2O4S. The quantitative estimate of drug-likeness (QED) is 0.564. The molecule has 0 aliphatic heterocycles. The van der Waals surface area contributed by atoms with E-state index in [2.05, 4.69) is 4.72 Å². The molecule has 0 amide bonds. The molecule has 1 aromatic carbocycles. The van der Waals surface area contributed by atoms with Gasteiger partial charge in [0.2, 0.25) is 10.0 Å². The van der Waals surface area contributed by atoms with Gasteiger partial charge in [-0.15, -0.1) is 0 Å². The third-order valence-electron chi connectivity index (χ3n) is 3.55. The highest BCUT2D eigenvalue weighted by atomic mass is 32.2. The lowest BCUT2D eigenvalue weighted by Gasteiger charge is -2.29. The first-order valence-electron chi connectivity index (χ1n) is 6.34. The van der Waals surface area contributed by atoms with Crippen LogP contribution in [0.4, 0.5) is 5.69 Å². The summed E-state index contributed by atoms with van der Waals surface area (Å²) in [5.41, 5.74) is 6.32. The summed E-state index contributed by atoms with van der Waals surface area (Å²) < 4.78 is 27.1. The molecule has 0 fully saturated rings. The van der Waals surface area contributed by atoms with E-state index in [1.54, 1.807) is 19.9 Å². The van der Waals surface area contributed by atoms with Crippen LogP contribution < -0.4 is 10.5 Å². The fourth-order valence-electron chi connectivity index (χ4n) is 1.80. The number of benzene rings is 1. The van der Waals surface area contributed by atoms with Crippen molar-refractivity contribution in [1.29, 1.82) is 0 Å². The normalized spacial score (nSPS) is 12.7. The number of nitrogens with one attached hydrogen (secondary N) is 1. The molecule has 0 bridgehead atoms. The molecule has 20 heavy (non-hydrogen) atoms. The van der Waals surface area contributed by atoms with Crippen LogP contribution in [-0.2, 0) is 10.0 Å². The molecule has 0 aromatic heterocycles. The third kappa shape index (κ3) is 3.29. The molecule has 5 N–H and O–H groups in total. The molecule has 1 rings (SSSR count). The smallest absolute Gasteiger partial charge is 0.243 e. The number of aryl methyl sites for hydroxylation is 2. The summed E-state index contributed by atoms with van der Waals surface area (Å²) in [4.78, 5) is -0.0414. The maximum absolute atomic E-state index is 12.4. The van der Waals surface area contributed by atoms with Crippen LogP contribution in [0.3, 0.4) is 0 Å². The molecule has 0 saturated heterocycles. The SMILES string of the molecule is CCC(CO)(CO)NS(=O)(=O)c1cc(C)c(C)cc1N. The summed E-state index contributed by atoms with van der Waals surface area (Å²) in [7, 11) is -3.92. The highest BCUT2D eigenvalue weighted by Crippen LogP contribution is 2.24. The van der Waals surface area contributed by atoms with Crippen LogP contribution in [0.15, 0.2) is 17.0 Å². The molecule has 0 heterocycles. The molecule has 114 valence electrons. The molecule has 0 saturated carbocycles. The van der Waals surface area contributed by atoms with Crippen LogP contribution in [0, 0.1) is 13.8 Å². The molecular weight excluding hydrogens is 280 g/mol. The van der Waals surface area contributed by atoms with E-state index in [9.17, 15) is 18.6 Å². The number of hydrogen-bond acceptors (Lipinski definition) is 5. The van der Waals surface area contributed by atoms with Crippen molar-refractivity contribution in [2.75, 3.05) is 18.9 Å². The van der Waals surface area contributed by atoms with Crippen molar-refractivity contribution in [3.63, 3.8) is 0 Å². The van der Waals surface area contributed by atoms with Crippen LogP contribution in [0.25, 0.3) is 0 Å². The minimum Gasteiger partial charge on any atom is -0.398 e. The topological polar surface area (TPSA) is 113 Å². The van der Waals surface area contributed by atoms with Crippen molar-refractivity contribution in [2.45, 2.75) is 37.6 Å². The Morgan fingerprint density at radius 3 is 2.15 bits per heavy atom. The zero-order valence-electron chi connectivity index (χ0n) is 12.0. The zero-order valence-corrected chi connectivity index (χ0v) is 12.8. The number of nitrogens with two attached hydrogens (primary N) is 1. The van der Waals surface area contributed by atoms with Crippen molar-refractivity contribution in [2.24, 2.45) is 0 Å². The predicted molar refractivity (Wildman–Crippen MR) is 77.8 cm³/mol. The Balaban J connectivity index is 3.28. The van der Waals surface area contributed by atoms with Crippen molar-refractivity contribution in [3.8, 4) is 0 Å². The first kappa shape index (κ1) is 16.9. The number of sulfonamides is 1. The number of anilines is 1. The third-order valence-corrected chi connectivity index (χ3v) is 5.18. The molecule has 0 aliphatic carbocycles. The standard InChI is InChI=1S/C13H22N2O4S/c1-4-13(7-16,8-17)15-20(18,19)12-6-10(3)9(2)5-11(12)14/h5-6,15-17H,4,7-8,14H2,1-3H3. The zero-order chi connectivity index (χ0) is 15.6. The first-order chi connectivity index (χ1) is 9.21. The van der Waals surface area contributed by atoms with Gasteiger partial charge >= 0.3 is 0 Å². The number of aliphatic hydroxyl groups is 2. The second-order valence-electron chi connectivity index (χ2n) is 5.03. The fraction of sp³-hybridized carbons (Fsp3) is 0.538. The van der Waals surface area contributed by atoms with E-state index >= 15 is 0 Å². The summed E-state index contributed by atoms with van der Waals surface area (Å²) >= 11 is 0. The maximum Gasteiger partial charge on any atom is 0.243 e. The summed E-state index contributed by atoms with van der Waals surface area (Å²) in [5, 5.41) is 18.7. The summed E-state index contributed by atoms with van der Waals surface area (Å²) in [6.07, 6.45) is 0.254. The molecule has 7 heteroatoms. The molecule has 0 aliphatic rings. The average molecular weight is 302 g/mol. The van der Waals surface area contributed by atoms with Gasteiger partial charge in [0.15, 0.2) is 0 Å². The Labute approximate surface area is 119 Å². The van der Waals surface area contributed by atoms with Gasteiger partial charge < -0.3 is 15.9 Å². The van der Waals surface area contributed by atoms with Gasteiger partial charge in [-0.1, -0.05) is 6.92 Å². The van der Waals surface area contributed by atoms with E-state index in [-0.39, 0.29) is 17.0 Å². The highest BCUT2D eigenvalue weighted by molar-refractivity contribution is 7.89. The lowest BCUT2D eigenvalue weighted by Crippen LogP contribution is -2.53. The Morgan fingerprint density at radius 2 is 1.70 bits per heavy atom. The molecule has 6 nitrogen and oxygen atoms in total. The number of nitrogen functional groups attached to an aromatic ring is 1. The molecule has 1 aromatic rings. The van der Waals surface area contributed by atoms with Crippen molar-refractivity contribution in [3.05, 3.63) is 23.3 Å². The van der Waals surface area contributed by atoms with Crippen LogP contribution >= 0.6 is 0 Å². The second kappa shape index (κ2) is 6.09. The summed E-state index contributed by atoms with van der Waals surface area (Å²) in [6, 6.07) is 3.08. The Hall–Kier alpha value is -1.15. The number of aliphatic hydroxyl groups excluding tert-OH is 2. The van der Waals surface area contributed by atoms with Gasteiger partial charge in [0.25, 0.3) is 0 Å². The van der Waals surface area contributed by atoms with Gasteiger partial charge in [0.1, 0.15) is 4.90 Å². The molecule has 0 atom stereocenters. The summed E-state index contributed by atoms with van der Waals surface area (Å²) in [6.45, 7) is 4.32. The molecule has 0 unspecified atom stereocenters. The lowest BCUT2D eigenvalue weighted by molar-refractivity contribution is 0.105. The van der Waals surface area contributed by atoms with E-state index in [0.29, 0.717) is 0 Å². The minimum absolute atomic E-state index is 0.0414. The van der Waals surface area contributed by atoms with Gasteiger partial charge in [-0.25, -0.2) is 13.1 Å². The largest absolute Gasteiger partial charge is 0.398 e. The van der Waals surface area contributed by atoms with Gasteiger partial charge in [0.05, 0.1) is 24.4 Å². The predicted octanol–water partition coefficient (Wildman–Crippen LogP) is 0.297. The van der Waals surface area contributed by atoms with Crippen molar-refractivity contribution in [1.82, 2.24) is 4.72 Å². The van der Waals surface area contributed by atoms with Gasteiger partial charge in [-0.2, -0.15) is 0 Å². The van der Waals surface area contributed by atoms with Crippen LogP contribution in [0.2, 0.25) is 0 Å². The van der Waals surface area contributed by atoms with Crippen LogP contribution in [-0.4, -0.2) is 37.4 Å². The van der Waals surface area contributed by atoms with Gasteiger partial charge in [0, 0.05) is 0 Å². The van der Waals surface area contributed by atoms with E-state index in [1.165, 1.54) is 6.07 Å². The number of hydrogen-bond donors (Lipinski definition) is 4. The Morgan fingerprint density at radius 1 is 1.20 bits per heavy atom. The first-order valence-corrected chi connectivity index (χ1v) is 7.82. The van der Waals surface area contributed by atoms with E-state index in [1.807, 2.05) is 6.92 Å². The Bertz CT molecular complexity index is 572. The maximum atomic E-state index is 12.4. The molecule has 0 radical (unpaired) electrons. The van der Waals surface area contributed by atoms with E-state index in [0.717, 1.165) is 11.1 Å². The molecule has 0 spiro atoms. The number of rotatable bonds is 6. The van der Waals surface area contributed by atoms with Crippen LogP contribution in [0.5, 0.6) is 0 Å². The van der Waals surface area contributed by atoms with Crippen molar-refractivity contribution < 1.29 is 18.6 Å². The highest BCUT2D eigenvalue weighted by Gasteiger charge is 2.33. The van der Waals surface area contributed by atoms with Gasteiger partial charge in [-0.3, -0.25) is 0 Å². The van der Waals surface area contributed by atoms with Crippen molar-refractivity contribution >= 4 is 15.7 Å². The Kier molecular flexibility index (Phi) is 5.15. The van der Waals surface area contributed by atoms with Gasteiger partial charge in [-0.05, 0) is 43.5 Å². The second-order valence-corrected chi connectivity index (χ2v) is 6.68. The monoisotopic (exact) mass is 302 g/mol. The minimum atomic E-state index is -3.92. The van der Waals surface area contributed by atoms with Crippen LogP contribution in [0.1, 0.15) is 24.5 Å². The fourth-order valence-corrected chi connectivity index (χ4v) is 3.45. The lowest BCUT2D eigenvalue weighted by atomic mass is 10.0. The average Bonchev–Trinajstić information content (AvgIpc) is 2.40. The van der Waals surface area contributed by atoms with E-state index < -0.39 is 28.8 Å². The van der Waals surface area contributed by atoms with E-state index in [4.69, 9.17) is 5.73 Å². The summed E-state index contributed by atoms with van der Waals surface area (Å²) in [5.74, 6) is 0.